The number of nitrogens with one attached hydrogen (secondary N) is 1. The quantitative estimate of drug-likeness (QED) is 0.812. The van der Waals surface area contributed by atoms with Crippen molar-refractivity contribution in [1.82, 2.24) is 10.2 Å². The maximum absolute atomic E-state index is 3.66. The van der Waals surface area contributed by atoms with E-state index in [1.807, 2.05) is 0 Å². The van der Waals surface area contributed by atoms with E-state index in [9.17, 15) is 0 Å². The molecule has 1 aliphatic rings. The highest BCUT2D eigenvalue weighted by Crippen LogP contribution is 2.29. The molecule has 0 heterocycles. The third kappa shape index (κ3) is 4.55. The van der Waals surface area contributed by atoms with Crippen LogP contribution in [0.1, 0.15) is 64.6 Å². The Balaban J connectivity index is 2.09. The van der Waals surface area contributed by atoms with Crippen molar-refractivity contribution < 1.29 is 0 Å². The molecule has 0 radical (unpaired) electrons. The van der Waals surface area contributed by atoms with Gasteiger partial charge in [0.15, 0.2) is 0 Å². The second kappa shape index (κ2) is 6.93. The fourth-order valence-corrected chi connectivity index (χ4v) is 2.96. The largest absolute Gasteiger partial charge is 0.309 e. The molecule has 1 N–H and O–H groups in total. The van der Waals surface area contributed by atoms with Crippen molar-refractivity contribution in [1.29, 1.82) is 0 Å². The molecule has 0 saturated heterocycles. The maximum atomic E-state index is 3.66. The smallest absolute Gasteiger partial charge is 0.0449 e. The minimum absolute atomic E-state index is 0.232. The molecule has 21 heavy (non-hydrogen) atoms. The molecule has 1 atom stereocenters. The van der Waals surface area contributed by atoms with E-state index in [2.05, 4.69) is 69.1 Å². The molecule has 118 valence electrons. The zero-order valence-corrected chi connectivity index (χ0v) is 14.4. The van der Waals surface area contributed by atoms with Gasteiger partial charge in [0, 0.05) is 18.6 Å². The predicted octanol–water partition coefficient (Wildman–Crippen LogP) is 4.12. The summed E-state index contributed by atoms with van der Waals surface area (Å²) in [6.45, 7) is 14.6. The molecule has 2 heteroatoms. The third-order valence-electron chi connectivity index (χ3n) is 4.52. The second-order valence-corrected chi connectivity index (χ2v) is 7.30. The van der Waals surface area contributed by atoms with Gasteiger partial charge in [0.2, 0.25) is 0 Å². The van der Waals surface area contributed by atoms with Crippen LogP contribution >= 0.6 is 0 Å². The maximum Gasteiger partial charge on any atom is 0.0449 e. The summed E-state index contributed by atoms with van der Waals surface area (Å²) >= 11 is 0. The summed E-state index contributed by atoms with van der Waals surface area (Å²) < 4.78 is 0. The van der Waals surface area contributed by atoms with Gasteiger partial charge in [-0.1, -0.05) is 58.9 Å². The van der Waals surface area contributed by atoms with Gasteiger partial charge in [-0.05, 0) is 42.5 Å². The summed E-state index contributed by atoms with van der Waals surface area (Å²) in [6.07, 6.45) is 2.77. The number of hydrogen-bond donors (Lipinski definition) is 1. The predicted molar refractivity (Wildman–Crippen MR) is 91.8 cm³/mol. The van der Waals surface area contributed by atoms with Gasteiger partial charge in [0.25, 0.3) is 0 Å². The lowest BCUT2D eigenvalue weighted by Gasteiger charge is -2.28. The average molecular weight is 288 g/mol. The van der Waals surface area contributed by atoms with Gasteiger partial charge in [0.1, 0.15) is 0 Å². The monoisotopic (exact) mass is 288 g/mol. The number of nitrogens with zero attached hydrogens (tertiary/aromatic N) is 1. The van der Waals surface area contributed by atoms with E-state index in [0.717, 1.165) is 25.7 Å². The number of rotatable bonds is 7. The summed E-state index contributed by atoms with van der Waals surface area (Å²) in [5.41, 5.74) is 3.07. The molecule has 0 spiro atoms. The van der Waals surface area contributed by atoms with Crippen molar-refractivity contribution in [3.8, 4) is 0 Å². The number of likely N-dealkylation sites (N-methyl/N-ethyl adjacent to an activating group) is 2. The normalized spacial score (nSPS) is 17.2. The van der Waals surface area contributed by atoms with Crippen LogP contribution in [0.4, 0.5) is 0 Å². The van der Waals surface area contributed by atoms with E-state index < -0.39 is 0 Å². The zero-order chi connectivity index (χ0) is 15.5. The van der Waals surface area contributed by atoms with Crippen LogP contribution in [0.5, 0.6) is 0 Å². The Morgan fingerprint density at radius 2 is 1.76 bits per heavy atom. The summed E-state index contributed by atoms with van der Waals surface area (Å²) in [6, 6.07) is 10.5. The first-order chi connectivity index (χ1) is 9.95. The Morgan fingerprint density at radius 1 is 1.14 bits per heavy atom. The van der Waals surface area contributed by atoms with Crippen LogP contribution in [0, 0.1) is 0 Å². The first-order valence-electron chi connectivity index (χ1n) is 8.53. The van der Waals surface area contributed by atoms with Crippen molar-refractivity contribution in [2.24, 2.45) is 0 Å². The standard InChI is InChI=1S/C19H32N2/c1-6-20-18(14-21(7-2)17-12-13-17)15-8-10-16(11-9-15)19(3,4)5/h8-11,17-18,20H,6-7,12-14H2,1-5H3. The Bertz CT molecular complexity index is 426. The molecule has 1 fully saturated rings. The highest BCUT2D eigenvalue weighted by molar-refractivity contribution is 5.29. The Hall–Kier alpha value is -0.860. The molecule has 2 rings (SSSR count). The van der Waals surface area contributed by atoms with Gasteiger partial charge in [-0.15, -0.1) is 0 Å². The third-order valence-corrected chi connectivity index (χ3v) is 4.52. The Labute approximate surface area is 130 Å². The van der Waals surface area contributed by atoms with Crippen LogP contribution in [-0.4, -0.2) is 30.6 Å². The number of benzene rings is 1. The lowest BCUT2D eigenvalue weighted by molar-refractivity contribution is 0.245. The van der Waals surface area contributed by atoms with Gasteiger partial charge >= 0.3 is 0 Å². The summed E-state index contributed by atoms with van der Waals surface area (Å²) in [5, 5.41) is 3.66. The van der Waals surface area contributed by atoms with Gasteiger partial charge in [-0.3, -0.25) is 4.90 Å². The Kier molecular flexibility index (Phi) is 5.45. The summed E-state index contributed by atoms with van der Waals surface area (Å²) in [4.78, 5) is 2.63. The fraction of sp³-hybridized carbons (Fsp3) is 0.684. The van der Waals surface area contributed by atoms with Crippen molar-refractivity contribution in [2.75, 3.05) is 19.6 Å². The van der Waals surface area contributed by atoms with Gasteiger partial charge in [-0.25, -0.2) is 0 Å². The summed E-state index contributed by atoms with van der Waals surface area (Å²) in [7, 11) is 0. The first-order valence-corrected chi connectivity index (χ1v) is 8.53. The average Bonchev–Trinajstić information content (AvgIpc) is 3.27. The molecule has 0 aromatic heterocycles. The summed E-state index contributed by atoms with van der Waals surface area (Å²) in [5.74, 6) is 0. The lowest BCUT2D eigenvalue weighted by atomic mass is 9.86. The fourth-order valence-electron chi connectivity index (χ4n) is 2.96. The van der Waals surface area contributed by atoms with Crippen molar-refractivity contribution in [3.05, 3.63) is 35.4 Å². The molecule has 1 aliphatic carbocycles. The molecule has 1 aromatic carbocycles. The van der Waals surface area contributed by atoms with Gasteiger partial charge in [0.05, 0.1) is 0 Å². The first kappa shape index (κ1) is 16.5. The van der Waals surface area contributed by atoms with E-state index in [4.69, 9.17) is 0 Å². The van der Waals surface area contributed by atoms with Gasteiger partial charge in [-0.2, -0.15) is 0 Å². The molecule has 1 aromatic rings. The van der Waals surface area contributed by atoms with E-state index in [-0.39, 0.29) is 5.41 Å². The number of hydrogen-bond acceptors (Lipinski definition) is 2. The molecular formula is C19H32N2. The van der Waals surface area contributed by atoms with E-state index in [1.54, 1.807) is 0 Å². The van der Waals surface area contributed by atoms with E-state index in [0.29, 0.717) is 6.04 Å². The highest BCUT2D eigenvalue weighted by atomic mass is 15.2. The van der Waals surface area contributed by atoms with Crippen molar-refractivity contribution >= 4 is 0 Å². The zero-order valence-electron chi connectivity index (χ0n) is 14.4. The van der Waals surface area contributed by atoms with Crippen LogP contribution in [0.3, 0.4) is 0 Å². The molecule has 1 unspecified atom stereocenters. The van der Waals surface area contributed by atoms with Crippen LogP contribution in [0.15, 0.2) is 24.3 Å². The lowest BCUT2D eigenvalue weighted by Crippen LogP contribution is -2.36. The van der Waals surface area contributed by atoms with Crippen LogP contribution < -0.4 is 5.32 Å². The SMILES string of the molecule is CCNC(CN(CC)C1CC1)c1ccc(C(C)(C)C)cc1. The second-order valence-electron chi connectivity index (χ2n) is 7.30. The van der Waals surface area contributed by atoms with E-state index >= 15 is 0 Å². The highest BCUT2D eigenvalue weighted by Gasteiger charge is 2.29. The molecule has 0 aliphatic heterocycles. The van der Waals surface area contributed by atoms with Crippen LogP contribution in [0.25, 0.3) is 0 Å². The molecule has 0 bridgehead atoms. The van der Waals surface area contributed by atoms with E-state index in [1.165, 1.54) is 24.0 Å². The minimum Gasteiger partial charge on any atom is -0.309 e. The molecule has 1 saturated carbocycles. The molecule has 0 amide bonds. The topological polar surface area (TPSA) is 15.3 Å². The minimum atomic E-state index is 0.232. The Morgan fingerprint density at radius 3 is 2.19 bits per heavy atom. The van der Waals surface area contributed by atoms with Crippen LogP contribution in [-0.2, 0) is 5.41 Å². The molecule has 2 nitrogen and oxygen atoms in total. The van der Waals surface area contributed by atoms with Crippen LogP contribution in [0.2, 0.25) is 0 Å². The molecular weight excluding hydrogens is 256 g/mol. The van der Waals surface area contributed by atoms with Gasteiger partial charge < -0.3 is 5.32 Å². The van der Waals surface area contributed by atoms with Crippen molar-refractivity contribution in [2.45, 2.75) is 65.0 Å². The van der Waals surface area contributed by atoms with Crippen molar-refractivity contribution in [3.63, 3.8) is 0 Å².